The lowest BCUT2D eigenvalue weighted by Crippen LogP contribution is -2.33. The summed E-state index contributed by atoms with van der Waals surface area (Å²) in [4.78, 5) is 0. The monoisotopic (exact) mass is 241 g/mol. The summed E-state index contributed by atoms with van der Waals surface area (Å²) in [6.45, 7) is 1.80. The number of aliphatic hydroxyl groups is 1. The lowest BCUT2D eigenvalue weighted by atomic mass is 10.0. The number of amidine groups is 1. The average Bonchev–Trinajstić information content (AvgIpc) is 2.95. The Kier molecular flexibility index (Phi) is 3.89. The van der Waals surface area contributed by atoms with Gasteiger partial charge >= 0.3 is 0 Å². The number of nitrogens with two attached hydrogens (primary N) is 1. The lowest BCUT2D eigenvalue weighted by molar-refractivity contribution is 0.131. The minimum Gasteiger partial charge on any atom is -0.409 e. The number of nitrogens with zero attached hydrogens (tertiary/aromatic N) is 1. The molecule has 0 bridgehead atoms. The van der Waals surface area contributed by atoms with Crippen LogP contribution in [-0.4, -0.2) is 35.3 Å². The van der Waals surface area contributed by atoms with Gasteiger partial charge in [-0.05, 0) is 37.0 Å². The van der Waals surface area contributed by atoms with Crippen LogP contribution < -0.4 is 11.1 Å². The molecule has 2 saturated carbocycles. The zero-order valence-electron chi connectivity index (χ0n) is 10.2. The molecule has 0 aromatic carbocycles. The van der Waals surface area contributed by atoms with Crippen LogP contribution in [0.1, 0.15) is 38.5 Å². The van der Waals surface area contributed by atoms with Crippen LogP contribution in [0.3, 0.4) is 0 Å². The standard InChI is InChI=1S/C12H23N3O2/c13-11(15-17)6-12(4-5-12)8-14-7-9-2-1-3-10(9)16/h9-10,14,16-17H,1-8H2,(H2,13,15). The topological polar surface area (TPSA) is 90.9 Å². The van der Waals surface area contributed by atoms with Gasteiger partial charge in [-0.2, -0.15) is 0 Å². The highest BCUT2D eigenvalue weighted by molar-refractivity contribution is 5.80. The van der Waals surface area contributed by atoms with Crippen molar-refractivity contribution < 1.29 is 10.3 Å². The predicted molar refractivity (Wildman–Crippen MR) is 65.9 cm³/mol. The van der Waals surface area contributed by atoms with Gasteiger partial charge in [-0.1, -0.05) is 11.6 Å². The van der Waals surface area contributed by atoms with E-state index >= 15 is 0 Å². The second kappa shape index (κ2) is 5.23. The predicted octanol–water partition coefficient (Wildman–Crippen LogP) is 0.654. The van der Waals surface area contributed by atoms with E-state index in [1.54, 1.807) is 0 Å². The fourth-order valence-electron chi connectivity index (χ4n) is 2.79. The highest BCUT2D eigenvalue weighted by Crippen LogP contribution is 2.48. The molecule has 98 valence electrons. The first-order valence-corrected chi connectivity index (χ1v) is 6.50. The van der Waals surface area contributed by atoms with Crippen LogP contribution in [0, 0.1) is 11.3 Å². The highest BCUT2D eigenvalue weighted by Gasteiger charge is 2.43. The van der Waals surface area contributed by atoms with E-state index in [4.69, 9.17) is 10.9 Å². The molecule has 0 heterocycles. The van der Waals surface area contributed by atoms with Crippen molar-refractivity contribution in [1.29, 1.82) is 0 Å². The van der Waals surface area contributed by atoms with Gasteiger partial charge < -0.3 is 21.4 Å². The first-order chi connectivity index (χ1) is 8.15. The molecule has 0 aromatic heterocycles. The summed E-state index contributed by atoms with van der Waals surface area (Å²) < 4.78 is 0. The van der Waals surface area contributed by atoms with Gasteiger partial charge in [-0.3, -0.25) is 0 Å². The van der Waals surface area contributed by atoms with Gasteiger partial charge in [0.15, 0.2) is 0 Å². The molecular weight excluding hydrogens is 218 g/mol. The van der Waals surface area contributed by atoms with Gasteiger partial charge in [0.25, 0.3) is 0 Å². The van der Waals surface area contributed by atoms with Crippen molar-refractivity contribution in [1.82, 2.24) is 5.32 Å². The van der Waals surface area contributed by atoms with Crippen molar-refractivity contribution in [3.8, 4) is 0 Å². The summed E-state index contributed by atoms with van der Waals surface area (Å²) in [6, 6.07) is 0. The summed E-state index contributed by atoms with van der Waals surface area (Å²) in [6.07, 6.45) is 6.05. The van der Waals surface area contributed by atoms with E-state index in [1.807, 2.05) is 0 Å². The molecule has 0 saturated heterocycles. The van der Waals surface area contributed by atoms with Gasteiger partial charge in [0.05, 0.1) is 6.10 Å². The molecule has 2 rings (SSSR count). The fraction of sp³-hybridized carbons (Fsp3) is 0.917. The largest absolute Gasteiger partial charge is 0.409 e. The summed E-state index contributed by atoms with van der Waals surface area (Å²) in [7, 11) is 0. The molecule has 0 aliphatic heterocycles. The van der Waals surface area contributed by atoms with Gasteiger partial charge in [-0.15, -0.1) is 0 Å². The molecule has 0 radical (unpaired) electrons. The minimum atomic E-state index is -0.123. The Morgan fingerprint density at radius 1 is 1.41 bits per heavy atom. The Balaban J connectivity index is 1.68. The highest BCUT2D eigenvalue weighted by atomic mass is 16.4. The molecule has 5 N–H and O–H groups in total. The number of hydrogen-bond acceptors (Lipinski definition) is 4. The van der Waals surface area contributed by atoms with Crippen LogP contribution in [0.15, 0.2) is 5.16 Å². The number of rotatable bonds is 6. The number of oxime groups is 1. The van der Waals surface area contributed by atoms with E-state index < -0.39 is 0 Å². The van der Waals surface area contributed by atoms with Crippen molar-refractivity contribution in [2.45, 2.75) is 44.6 Å². The molecule has 2 fully saturated rings. The Labute approximate surface area is 102 Å². The zero-order chi connectivity index (χ0) is 12.3. The van der Waals surface area contributed by atoms with E-state index in [-0.39, 0.29) is 11.5 Å². The third-order valence-corrected chi connectivity index (χ3v) is 4.17. The number of nitrogens with one attached hydrogen (secondary N) is 1. The van der Waals surface area contributed by atoms with E-state index in [1.165, 1.54) is 0 Å². The van der Waals surface area contributed by atoms with Gasteiger partial charge in [0.1, 0.15) is 5.84 Å². The van der Waals surface area contributed by atoms with Gasteiger partial charge in [0, 0.05) is 19.5 Å². The molecule has 0 aromatic rings. The average molecular weight is 241 g/mol. The van der Waals surface area contributed by atoms with Crippen LogP contribution in [0.4, 0.5) is 0 Å². The molecule has 2 atom stereocenters. The second-order valence-corrected chi connectivity index (χ2v) is 5.66. The summed E-state index contributed by atoms with van der Waals surface area (Å²) in [5, 5.41) is 24.7. The normalized spacial score (nSPS) is 31.7. The van der Waals surface area contributed by atoms with E-state index in [0.717, 1.165) is 45.2 Å². The van der Waals surface area contributed by atoms with Gasteiger partial charge in [-0.25, -0.2) is 0 Å². The maximum absolute atomic E-state index is 9.71. The number of hydrogen-bond donors (Lipinski definition) is 4. The molecular formula is C12H23N3O2. The Bertz CT molecular complexity index is 289. The lowest BCUT2D eigenvalue weighted by Gasteiger charge is -2.19. The zero-order valence-corrected chi connectivity index (χ0v) is 10.2. The molecule has 5 nitrogen and oxygen atoms in total. The molecule has 0 spiro atoms. The van der Waals surface area contributed by atoms with Crippen molar-refractivity contribution in [3.05, 3.63) is 0 Å². The van der Waals surface area contributed by atoms with Crippen LogP contribution >= 0.6 is 0 Å². The molecule has 17 heavy (non-hydrogen) atoms. The van der Waals surface area contributed by atoms with E-state index in [2.05, 4.69) is 10.5 Å². The maximum atomic E-state index is 9.71. The van der Waals surface area contributed by atoms with Crippen LogP contribution in [0.2, 0.25) is 0 Å². The smallest absolute Gasteiger partial charge is 0.139 e. The molecule has 2 unspecified atom stereocenters. The van der Waals surface area contributed by atoms with E-state index in [0.29, 0.717) is 18.2 Å². The minimum absolute atomic E-state index is 0.123. The van der Waals surface area contributed by atoms with Crippen molar-refractivity contribution >= 4 is 5.84 Å². The quantitative estimate of drug-likeness (QED) is 0.238. The van der Waals surface area contributed by atoms with Crippen molar-refractivity contribution in [2.24, 2.45) is 22.2 Å². The summed E-state index contributed by atoms with van der Waals surface area (Å²) >= 11 is 0. The number of aliphatic hydroxyl groups excluding tert-OH is 1. The third kappa shape index (κ3) is 3.33. The van der Waals surface area contributed by atoms with Crippen LogP contribution in [0.25, 0.3) is 0 Å². The third-order valence-electron chi connectivity index (χ3n) is 4.17. The second-order valence-electron chi connectivity index (χ2n) is 5.66. The van der Waals surface area contributed by atoms with Crippen LogP contribution in [0.5, 0.6) is 0 Å². The first kappa shape index (κ1) is 12.6. The Morgan fingerprint density at radius 3 is 2.71 bits per heavy atom. The Hall–Kier alpha value is -0.810. The Morgan fingerprint density at radius 2 is 2.18 bits per heavy atom. The fourth-order valence-corrected chi connectivity index (χ4v) is 2.79. The van der Waals surface area contributed by atoms with Gasteiger partial charge in [0.2, 0.25) is 0 Å². The van der Waals surface area contributed by atoms with Crippen LogP contribution in [-0.2, 0) is 0 Å². The van der Waals surface area contributed by atoms with Crippen molar-refractivity contribution in [2.75, 3.05) is 13.1 Å². The summed E-state index contributed by atoms with van der Waals surface area (Å²) in [5.41, 5.74) is 5.76. The molecule has 2 aliphatic carbocycles. The SMILES string of the molecule is NC(CC1(CNCC2CCCC2O)CC1)=NO. The first-order valence-electron chi connectivity index (χ1n) is 6.50. The molecule has 5 heteroatoms. The maximum Gasteiger partial charge on any atom is 0.139 e. The summed E-state index contributed by atoms with van der Waals surface area (Å²) in [5.74, 6) is 0.736. The van der Waals surface area contributed by atoms with E-state index in [9.17, 15) is 5.11 Å². The molecule has 2 aliphatic rings. The van der Waals surface area contributed by atoms with Crippen molar-refractivity contribution in [3.63, 3.8) is 0 Å². The molecule has 0 amide bonds.